The Morgan fingerprint density at radius 1 is 1.28 bits per heavy atom. The maximum atomic E-state index is 12.5. The van der Waals surface area contributed by atoms with Gasteiger partial charge < -0.3 is 0 Å². The van der Waals surface area contributed by atoms with E-state index in [1.54, 1.807) is 0 Å². The number of hydrogen-bond acceptors (Lipinski definition) is 1. The van der Waals surface area contributed by atoms with E-state index in [9.17, 15) is 4.79 Å². The first kappa shape index (κ1) is 13.3. The number of benzene rings is 1. The van der Waals surface area contributed by atoms with Gasteiger partial charge in [-0.3, -0.25) is 4.79 Å². The Hall–Kier alpha value is -1.11. The van der Waals surface area contributed by atoms with E-state index in [-0.39, 0.29) is 11.3 Å². The number of aryl methyl sites for hydroxylation is 1. The molecule has 0 heterocycles. The minimum atomic E-state index is 0.192. The average molecular weight is 244 g/mol. The number of hydrogen-bond donors (Lipinski definition) is 0. The monoisotopic (exact) mass is 244 g/mol. The molecule has 1 atom stereocenters. The molecule has 1 aliphatic rings. The molecule has 1 aromatic rings. The van der Waals surface area contributed by atoms with Gasteiger partial charge in [-0.15, -0.1) is 0 Å². The van der Waals surface area contributed by atoms with Gasteiger partial charge in [0.15, 0.2) is 0 Å². The van der Waals surface area contributed by atoms with E-state index in [2.05, 4.69) is 32.9 Å². The number of Topliss-reactive ketones (excluding diaryl/α,β-unsaturated/α-hetero) is 1. The van der Waals surface area contributed by atoms with Crippen molar-refractivity contribution < 1.29 is 4.79 Å². The van der Waals surface area contributed by atoms with E-state index in [0.29, 0.717) is 12.2 Å². The van der Waals surface area contributed by atoms with Gasteiger partial charge in [-0.25, -0.2) is 0 Å². The van der Waals surface area contributed by atoms with Gasteiger partial charge in [0.1, 0.15) is 5.78 Å². The summed E-state index contributed by atoms with van der Waals surface area (Å²) in [4.78, 5) is 12.5. The Morgan fingerprint density at radius 2 is 2.00 bits per heavy atom. The Kier molecular flexibility index (Phi) is 3.89. The van der Waals surface area contributed by atoms with Crippen LogP contribution in [-0.2, 0) is 11.2 Å². The second-order valence-corrected chi connectivity index (χ2v) is 6.36. The van der Waals surface area contributed by atoms with Crippen LogP contribution in [-0.4, -0.2) is 5.78 Å². The third kappa shape index (κ3) is 2.82. The van der Waals surface area contributed by atoms with E-state index < -0.39 is 0 Å². The molecule has 18 heavy (non-hydrogen) atoms. The van der Waals surface area contributed by atoms with Gasteiger partial charge in [0.05, 0.1) is 0 Å². The number of carbonyl (C=O) groups is 1. The summed E-state index contributed by atoms with van der Waals surface area (Å²) in [5.41, 5.74) is 2.63. The summed E-state index contributed by atoms with van der Waals surface area (Å²) in [6.45, 7) is 6.60. The van der Waals surface area contributed by atoms with E-state index in [1.165, 1.54) is 30.4 Å². The summed E-state index contributed by atoms with van der Waals surface area (Å²) in [6, 6.07) is 8.24. The van der Waals surface area contributed by atoms with Crippen molar-refractivity contribution in [2.45, 2.75) is 52.9 Å². The third-order valence-corrected chi connectivity index (χ3v) is 4.52. The topological polar surface area (TPSA) is 17.1 Å². The van der Waals surface area contributed by atoms with Gasteiger partial charge in [0, 0.05) is 12.3 Å². The van der Waals surface area contributed by atoms with Gasteiger partial charge >= 0.3 is 0 Å². The summed E-state index contributed by atoms with van der Waals surface area (Å²) in [5, 5.41) is 0. The summed E-state index contributed by atoms with van der Waals surface area (Å²) in [7, 11) is 0. The summed E-state index contributed by atoms with van der Waals surface area (Å²) >= 11 is 0. The van der Waals surface area contributed by atoms with Crippen molar-refractivity contribution in [3.63, 3.8) is 0 Å². The highest BCUT2D eigenvalue weighted by molar-refractivity contribution is 5.84. The molecule has 0 saturated heterocycles. The molecule has 1 nitrogen and oxygen atoms in total. The van der Waals surface area contributed by atoms with Crippen LogP contribution in [0.2, 0.25) is 0 Å². The van der Waals surface area contributed by atoms with Crippen LogP contribution >= 0.6 is 0 Å². The van der Waals surface area contributed by atoms with Crippen molar-refractivity contribution in [2.24, 2.45) is 11.3 Å². The molecule has 0 aromatic heterocycles. The van der Waals surface area contributed by atoms with Gasteiger partial charge in [0.25, 0.3) is 0 Å². The third-order valence-electron chi connectivity index (χ3n) is 4.52. The Labute approximate surface area is 111 Å². The molecule has 1 unspecified atom stereocenters. The highest BCUT2D eigenvalue weighted by Gasteiger charge is 2.36. The quantitative estimate of drug-likeness (QED) is 0.773. The smallest absolute Gasteiger partial charge is 0.140 e. The number of ketones is 1. The van der Waals surface area contributed by atoms with Gasteiger partial charge in [-0.1, -0.05) is 51.0 Å². The molecular formula is C17H24O. The van der Waals surface area contributed by atoms with E-state index in [1.807, 2.05) is 12.1 Å². The zero-order valence-electron chi connectivity index (χ0n) is 11.8. The summed E-state index contributed by atoms with van der Waals surface area (Å²) < 4.78 is 0. The Morgan fingerprint density at radius 3 is 2.67 bits per heavy atom. The first-order valence-corrected chi connectivity index (χ1v) is 7.08. The minimum Gasteiger partial charge on any atom is -0.299 e. The molecule has 0 spiro atoms. The maximum Gasteiger partial charge on any atom is 0.140 e. The molecule has 1 heteroatoms. The summed E-state index contributed by atoms with van der Waals surface area (Å²) in [5.74, 6) is 0.694. The summed E-state index contributed by atoms with van der Waals surface area (Å²) in [6.07, 6.45) is 5.38. The van der Waals surface area contributed by atoms with E-state index in [4.69, 9.17) is 0 Å². The van der Waals surface area contributed by atoms with Crippen molar-refractivity contribution in [1.29, 1.82) is 0 Å². The van der Waals surface area contributed by atoms with Gasteiger partial charge in [0.2, 0.25) is 0 Å². The predicted molar refractivity (Wildman–Crippen MR) is 75.6 cm³/mol. The first-order valence-electron chi connectivity index (χ1n) is 7.08. The minimum absolute atomic E-state index is 0.192. The maximum absolute atomic E-state index is 12.5. The normalized spacial score (nSPS) is 22.7. The molecule has 0 bridgehead atoms. The Balaban J connectivity index is 2.10. The predicted octanol–water partition coefficient (Wildman–Crippen LogP) is 4.32. The highest BCUT2D eigenvalue weighted by atomic mass is 16.1. The van der Waals surface area contributed by atoms with E-state index >= 15 is 0 Å². The molecular weight excluding hydrogens is 220 g/mol. The lowest BCUT2D eigenvalue weighted by molar-refractivity contribution is -0.127. The molecule has 1 fully saturated rings. The second kappa shape index (κ2) is 5.26. The zero-order chi connectivity index (χ0) is 13.2. The molecule has 1 saturated carbocycles. The molecule has 0 N–H and O–H groups in total. The molecule has 0 radical (unpaired) electrons. The molecule has 0 amide bonds. The van der Waals surface area contributed by atoms with Crippen molar-refractivity contribution in [3.05, 3.63) is 35.4 Å². The largest absolute Gasteiger partial charge is 0.299 e. The fraction of sp³-hybridized carbons (Fsp3) is 0.588. The van der Waals surface area contributed by atoms with Gasteiger partial charge in [-0.05, 0) is 36.3 Å². The Bertz CT molecular complexity index is 431. The molecule has 2 rings (SSSR count). The van der Waals surface area contributed by atoms with Crippen molar-refractivity contribution in [3.8, 4) is 0 Å². The zero-order valence-corrected chi connectivity index (χ0v) is 11.8. The fourth-order valence-electron chi connectivity index (χ4n) is 3.21. The average Bonchev–Trinajstić information content (AvgIpc) is 2.31. The van der Waals surface area contributed by atoms with Crippen LogP contribution < -0.4 is 0 Å². The fourth-order valence-corrected chi connectivity index (χ4v) is 3.21. The standard InChI is InChI=1S/C17H24O/c1-13-8-4-5-9-14(13)12-16(18)15-10-6-7-11-17(15,2)3/h4-5,8-9,15H,6-7,10-12H2,1-3H3. The second-order valence-electron chi connectivity index (χ2n) is 6.36. The SMILES string of the molecule is Cc1ccccc1CC(=O)C1CCCCC1(C)C. The van der Waals surface area contributed by atoms with Crippen LogP contribution in [0.25, 0.3) is 0 Å². The molecule has 98 valence electrons. The lowest BCUT2D eigenvalue weighted by Crippen LogP contribution is -2.35. The highest BCUT2D eigenvalue weighted by Crippen LogP contribution is 2.41. The van der Waals surface area contributed by atoms with Crippen LogP contribution in [0.4, 0.5) is 0 Å². The first-order chi connectivity index (χ1) is 8.50. The number of rotatable bonds is 3. The number of carbonyl (C=O) groups excluding carboxylic acids is 1. The van der Waals surface area contributed by atoms with Crippen LogP contribution in [0.15, 0.2) is 24.3 Å². The van der Waals surface area contributed by atoms with Crippen LogP contribution in [0.5, 0.6) is 0 Å². The van der Waals surface area contributed by atoms with E-state index in [0.717, 1.165) is 6.42 Å². The van der Waals surface area contributed by atoms with Crippen LogP contribution in [0.1, 0.15) is 50.7 Å². The van der Waals surface area contributed by atoms with Gasteiger partial charge in [-0.2, -0.15) is 0 Å². The van der Waals surface area contributed by atoms with Crippen LogP contribution in [0.3, 0.4) is 0 Å². The van der Waals surface area contributed by atoms with Crippen molar-refractivity contribution in [2.75, 3.05) is 0 Å². The molecule has 1 aromatic carbocycles. The molecule has 0 aliphatic heterocycles. The van der Waals surface area contributed by atoms with Crippen molar-refractivity contribution in [1.82, 2.24) is 0 Å². The lowest BCUT2D eigenvalue weighted by Gasteiger charge is -2.37. The van der Waals surface area contributed by atoms with Crippen LogP contribution in [0, 0.1) is 18.3 Å². The van der Waals surface area contributed by atoms with Crippen molar-refractivity contribution >= 4 is 5.78 Å². The lowest BCUT2D eigenvalue weighted by atomic mass is 9.66. The molecule has 1 aliphatic carbocycles.